The molecule has 0 amide bonds. The van der Waals surface area contributed by atoms with E-state index in [9.17, 15) is 30.0 Å². The molecule has 1 aromatic rings. The molecule has 5 nitrogen and oxygen atoms in total. The van der Waals surface area contributed by atoms with Crippen LogP contribution in [0.25, 0.3) is 4.13 Å². The Kier molecular flexibility index (Phi) is 6.83. The molecule has 1 rings (SSSR count). The minimum absolute atomic E-state index is 0.215. The number of nitrogens with zero attached hydrogens (tertiary/aromatic N) is 1. The van der Waals surface area contributed by atoms with Crippen molar-refractivity contribution in [3.05, 3.63) is 34.0 Å². The third-order valence-electron chi connectivity index (χ3n) is 3.41. The van der Waals surface area contributed by atoms with Gasteiger partial charge in [0.1, 0.15) is 10.0 Å². The molecular formula is C14H19F3NO4S2-. The fourth-order valence-electron chi connectivity index (χ4n) is 2.30. The van der Waals surface area contributed by atoms with E-state index in [0.717, 1.165) is 43.4 Å². The van der Waals surface area contributed by atoms with Gasteiger partial charge in [0.15, 0.2) is 10.0 Å². The summed E-state index contributed by atoms with van der Waals surface area (Å²) in [7, 11) is -11.1. The van der Waals surface area contributed by atoms with E-state index in [1.54, 1.807) is 0 Å². The molecule has 10 heteroatoms. The molecule has 0 aliphatic rings. The Bertz CT molecular complexity index is 735. The summed E-state index contributed by atoms with van der Waals surface area (Å²) in [5.41, 5.74) is -4.90. The summed E-state index contributed by atoms with van der Waals surface area (Å²) >= 11 is 0. The molecule has 0 aromatic heterocycles. The van der Waals surface area contributed by atoms with Crippen molar-refractivity contribution < 1.29 is 30.0 Å². The molecule has 0 saturated heterocycles. The molecule has 0 bridgehead atoms. The second-order valence-electron chi connectivity index (χ2n) is 5.31. The van der Waals surface area contributed by atoms with Crippen LogP contribution in [0.3, 0.4) is 0 Å². The molecule has 0 radical (unpaired) electrons. The first kappa shape index (κ1) is 20.9. The van der Waals surface area contributed by atoms with Crippen LogP contribution in [-0.4, -0.2) is 22.3 Å². The van der Waals surface area contributed by atoms with Crippen molar-refractivity contribution in [2.45, 2.75) is 55.9 Å². The fraction of sp³-hybridized carbons (Fsp3) is 0.571. The van der Waals surface area contributed by atoms with Gasteiger partial charge in [-0.15, -0.1) is 0 Å². The van der Waals surface area contributed by atoms with Crippen LogP contribution >= 0.6 is 0 Å². The summed E-state index contributed by atoms with van der Waals surface area (Å²) in [6, 6.07) is 5.13. The Labute approximate surface area is 140 Å². The van der Waals surface area contributed by atoms with Gasteiger partial charge in [0.25, 0.3) is 0 Å². The minimum atomic E-state index is -6.11. The zero-order chi connectivity index (χ0) is 18.6. The van der Waals surface area contributed by atoms with E-state index in [1.165, 1.54) is 12.1 Å². The predicted molar refractivity (Wildman–Crippen MR) is 84.5 cm³/mol. The van der Waals surface area contributed by atoms with Gasteiger partial charge in [0.05, 0.1) is 0 Å². The topological polar surface area (TPSA) is 82.4 Å². The predicted octanol–water partition coefficient (Wildman–Crippen LogP) is 4.28. The highest BCUT2D eigenvalue weighted by molar-refractivity contribution is 8.12. The Morgan fingerprint density at radius 1 is 0.958 bits per heavy atom. The molecule has 1 aromatic carbocycles. The van der Waals surface area contributed by atoms with E-state index in [2.05, 4.69) is 0 Å². The minimum Gasteiger partial charge on any atom is -0.424 e. The van der Waals surface area contributed by atoms with Gasteiger partial charge in [-0.3, -0.25) is 0 Å². The molecule has 0 saturated carbocycles. The Morgan fingerprint density at radius 2 is 1.42 bits per heavy atom. The van der Waals surface area contributed by atoms with Gasteiger partial charge in [-0.05, 0) is 36.5 Å². The smallest absolute Gasteiger partial charge is 0.424 e. The molecule has 0 N–H and O–H groups in total. The van der Waals surface area contributed by atoms with E-state index in [1.807, 2.05) is 18.0 Å². The zero-order valence-electron chi connectivity index (χ0n) is 13.2. The lowest BCUT2D eigenvalue weighted by atomic mass is 9.90. The van der Waals surface area contributed by atoms with E-state index in [-0.39, 0.29) is 5.92 Å². The first-order valence-electron chi connectivity index (χ1n) is 7.35. The first-order chi connectivity index (χ1) is 10.9. The SMILES string of the molecule is CCCC(CCC)c1ccc(S(=O)(=O)[N-]S(=O)(=O)C(F)(F)F)cc1. The average molecular weight is 386 g/mol. The molecular weight excluding hydrogens is 367 g/mol. The maximum absolute atomic E-state index is 12.3. The third-order valence-corrected chi connectivity index (χ3v) is 6.44. The maximum atomic E-state index is 12.3. The van der Waals surface area contributed by atoms with Gasteiger partial charge in [-0.1, -0.05) is 38.8 Å². The summed E-state index contributed by atoms with van der Waals surface area (Å²) in [6.07, 6.45) is 3.66. The number of halogens is 3. The number of hydrogen-bond donors (Lipinski definition) is 0. The number of benzene rings is 1. The van der Waals surface area contributed by atoms with Crippen LogP contribution in [-0.2, 0) is 20.0 Å². The quantitative estimate of drug-likeness (QED) is 0.667. The van der Waals surface area contributed by atoms with E-state index < -0.39 is 30.5 Å². The number of hydrogen-bond acceptors (Lipinski definition) is 4. The van der Waals surface area contributed by atoms with Crippen molar-refractivity contribution >= 4 is 20.0 Å². The molecule has 0 aliphatic carbocycles. The van der Waals surface area contributed by atoms with Crippen molar-refractivity contribution in [3.63, 3.8) is 0 Å². The second-order valence-corrected chi connectivity index (χ2v) is 8.74. The van der Waals surface area contributed by atoms with Crippen LogP contribution in [0.2, 0.25) is 0 Å². The summed E-state index contributed by atoms with van der Waals surface area (Å²) in [5, 5.41) is 0. The van der Waals surface area contributed by atoms with Gasteiger partial charge in [0, 0.05) is 4.90 Å². The highest BCUT2D eigenvalue weighted by Gasteiger charge is 2.40. The lowest BCUT2D eigenvalue weighted by molar-refractivity contribution is -0.0425. The van der Waals surface area contributed by atoms with Crippen molar-refractivity contribution in [2.75, 3.05) is 0 Å². The van der Waals surface area contributed by atoms with Crippen molar-refractivity contribution in [2.24, 2.45) is 0 Å². The highest BCUT2D eigenvalue weighted by Crippen LogP contribution is 2.33. The zero-order valence-corrected chi connectivity index (χ0v) is 14.9. The van der Waals surface area contributed by atoms with Crippen molar-refractivity contribution in [3.8, 4) is 0 Å². The van der Waals surface area contributed by atoms with Gasteiger partial charge >= 0.3 is 5.51 Å². The van der Waals surface area contributed by atoms with Crippen LogP contribution in [0.5, 0.6) is 0 Å². The second kappa shape index (κ2) is 7.83. The van der Waals surface area contributed by atoms with Crippen LogP contribution in [0, 0.1) is 0 Å². The van der Waals surface area contributed by atoms with Crippen molar-refractivity contribution in [1.29, 1.82) is 0 Å². The first-order valence-corrected chi connectivity index (χ1v) is 10.2. The maximum Gasteiger partial charge on any atom is 0.480 e. The van der Waals surface area contributed by atoms with Crippen LogP contribution in [0.4, 0.5) is 13.2 Å². The number of sulfonamides is 2. The Balaban J connectivity index is 3.07. The molecule has 24 heavy (non-hydrogen) atoms. The van der Waals surface area contributed by atoms with E-state index in [4.69, 9.17) is 0 Å². The molecule has 0 heterocycles. The largest absolute Gasteiger partial charge is 0.480 e. The summed E-state index contributed by atoms with van der Waals surface area (Å²) < 4.78 is 84.3. The van der Waals surface area contributed by atoms with Crippen LogP contribution in [0.15, 0.2) is 29.2 Å². The summed E-state index contributed by atoms with van der Waals surface area (Å²) in [4.78, 5) is -0.592. The van der Waals surface area contributed by atoms with E-state index >= 15 is 0 Å². The monoisotopic (exact) mass is 386 g/mol. The summed E-state index contributed by atoms with van der Waals surface area (Å²) in [5.74, 6) is 0.215. The van der Waals surface area contributed by atoms with Gasteiger partial charge < -0.3 is 4.13 Å². The molecule has 0 fully saturated rings. The van der Waals surface area contributed by atoms with E-state index in [0.29, 0.717) is 0 Å². The normalized spacial score (nSPS) is 13.4. The number of alkyl halides is 3. The Morgan fingerprint density at radius 3 is 1.79 bits per heavy atom. The molecule has 0 aliphatic heterocycles. The van der Waals surface area contributed by atoms with Crippen molar-refractivity contribution in [1.82, 2.24) is 0 Å². The summed E-state index contributed by atoms with van der Waals surface area (Å²) in [6.45, 7) is 4.03. The molecule has 0 unspecified atom stereocenters. The standard InChI is InChI=1S/C14H19F3NO4S2/c1-3-5-11(6-4-2)12-7-9-13(10-8-12)23(19,20)18-24(21,22)14(15,16)17/h7-11H,3-6H2,1-2H3/q-1. The fourth-order valence-corrected chi connectivity index (χ4v) is 4.50. The molecule has 0 atom stereocenters. The Hall–Kier alpha value is -1.13. The third kappa shape index (κ3) is 5.18. The van der Waals surface area contributed by atoms with Gasteiger partial charge in [0.2, 0.25) is 0 Å². The van der Waals surface area contributed by atoms with Gasteiger partial charge in [-0.2, -0.15) is 13.2 Å². The van der Waals surface area contributed by atoms with Crippen LogP contribution < -0.4 is 0 Å². The van der Waals surface area contributed by atoms with Crippen LogP contribution in [0.1, 0.15) is 51.0 Å². The lowest BCUT2D eigenvalue weighted by Gasteiger charge is -2.22. The number of rotatable bonds is 8. The lowest BCUT2D eigenvalue weighted by Crippen LogP contribution is -2.24. The average Bonchev–Trinajstić information content (AvgIpc) is 2.45. The van der Waals surface area contributed by atoms with Gasteiger partial charge in [-0.25, -0.2) is 16.8 Å². The molecule has 138 valence electrons. The molecule has 0 spiro atoms. The highest BCUT2D eigenvalue weighted by atomic mass is 32.3.